The molecular formula is C13H16N4O3. The van der Waals surface area contributed by atoms with Crippen LogP contribution in [0.2, 0.25) is 0 Å². The first kappa shape index (κ1) is 14.0. The molecule has 0 saturated heterocycles. The van der Waals surface area contributed by atoms with Crippen molar-refractivity contribution in [2.45, 2.75) is 33.3 Å². The van der Waals surface area contributed by atoms with Gasteiger partial charge in [0.05, 0.1) is 11.8 Å². The summed E-state index contributed by atoms with van der Waals surface area (Å²) in [6.07, 6.45) is 1.48. The maximum absolute atomic E-state index is 11.8. The standard InChI is InChI=1S/C13H16N4O3/c1-8-5-10(16-12(19)20-13(2,3)4)17-11(15-8)9(7-18)6-14-17/h5-7H,1-4H3,(H,16,19). The third kappa shape index (κ3) is 2.93. The van der Waals surface area contributed by atoms with E-state index in [2.05, 4.69) is 15.4 Å². The number of amides is 1. The predicted molar refractivity (Wildman–Crippen MR) is 73.0 cm³/mol. The second kappa shape index (κ2) is 4.92. The minimum absolute atomic E-state index is 0.362. The topological polar surface area (TPSA) is 85.6 Å². The number of aromatic nitrogens is 3. The van der Waals surface area contributed by atoms with E-state index in [-0.39, 0.29) is 0 Å². The molecule has 1 amide bonds. The third-order valence-electron chi connectivity index (χ3n) is 2.38. The molecule has 0 aliphatic carbocycles. The van der Waals surface area contributed by atoms with Crippen LogP contribution in [-0.4, -0.2) is 32.6 Å². The fraction of sp³-hybridized carbons (Fsp3) is 0.385. The fourth-order valence-corrected chi connectivity index (χ4v) is 1.68. The number of hydrogen-bond acceptors (Lipinski definition) is 5. The highest BCUT2D eigenvalue weighted by Gasteiger charge is 2.18. The van der Waals surface area contributed by atoms with E-state index in [1.807, 2.05) is 0 Å². The van der Waals surface area contributed by atoms with Gasteiger partial charge in [0.15, 0.2) is 11.9 Å². The molecule has 1 N–H and O–H groups in total. The van der Waals surface area contributed by atoms with Crippen molar-refractivity contribution in [1.29, 1.82) is 0 Å². The van der Waals surface area contributed by atoms with E-state index >= 15 is 0 Å². The lowest BCUT2D eigenvalue weighted by atomic mass is 10.2. The lowest BCUT2D eigenvalue weighted by molar-refractivity contribution is 0.0635. The van der Waals surface area contributed by atoms with Crippen molar-refractivity contribution < 1.29 is 14.3 Å². The number of hydrogen-bond donors (Lipinski definition) is 1. The molecule has 106 valence electrons. The molecule has 2 rings (SSSR count). The zero-order valence-electron chi connectivity index (χ0n) is 11.8. The summed E-state index contributed by atoms with van der Waals surface area (Å²) in [5.74, 6) is 0.398. The smallest absolute Gasteiger partial charge is 0.413 e. The van der Waals surface area contributed by atoms with Gasteiger partial charge < -0.3 is 4.74 Å². The van der Waals surface area contributed by atoms with Crippen LogP contribution in [0.5, 0.6) is 0 Å². The number of carbonyl (C=O) groups is 2. The first-order chi connectivity index (χ1) is 9.30. The first-order valence-electron chi connectivity index (χ1n) is 6.11. The number of nitrogens with one attached hydrogen (secondary N) is 1. The molecule has 2 aromatic rings. The molecular weight excluding hydrogens is 260 g/mol. The third-order valence-corrected chi connectivity index (χ3v) is 2.38. The van der Waals surface area contributed by atoms with E-state index < -0.39 is 11.7 Å². The van der Waals surface area contributed by atoms with Crippen LogP contribution in [0.3, 0.4) is 0 Å². The van der Waals surface area contributed by atoms with Crippen LogP contribution < -0.4 is 5.32 Å². The number of aryl methyl sites for hydroxylation is 1. The van der Waals surface area contributed by atoms with Gasteiger partial charge in [-0.05, 0) is 27.7 Å². The van der Waals surface area contributed by atoms with Crippen LogP contribution in [0.15, 0.2) is 12.3 Å². The summed E-state index contributed by atoms with van der Waals surface area (Å²) in [4.78, 5) is 26.9. The fourth-order valence-electron chi connectivity index (χ4n) is 1.68. The molecule has 0 aliphatic rings. The van der Waals surface area contributed by atoms with Gasteiger partial charge in [0.25, 0.3) is 0 Å². The quantitative estimate of drug-likeness (QED) is 0.850. The van der Waals surface area contributed by atoms with Gasteiger partial charge in [-0.25, -0.2) is 9.78 Å². The second-order valence-corrected chi connectivity index (χ2v) is 5.36. The van der Waals surface area contributed by atoms with Gasteiger partial charge >= 0.3 is 6.09 Å². The average molecular weight is 276 g/mol. The highest BCUT2D eigenvalue weighted by molar-refractivity contribution is 5.87. The van der Waals surface area contributed by atoms with Crippen LogP contribution in [0.25, 0.3) is 5.65 Å². The largest absolute Gasteiger partial charge is 0.444 e. The Bertz CT molecular complexity index is 670. The van der Waals surface area contributed by atoms with Crippen LogP contribution in [-0.2, 0) is 4.74 Å². The van der Waals surface area contributed by atoms with E-state index in [0.29, 0.717) is 29.0 Å². The van der Waals surface area contributed by atoms with Crippen LogP contribution >= 0.6 is 0 Å². The van der Waals surface area contributed by atoms with Crippen LogP contribution in [0.4, 0.5) is 10.6 Å². The number of anilines is 1. The summed E-state index contributed by atoms with van der Waals surface area (Å²) in [6.45, 7) is 7.09. The molecule has 0 atom stereocenters. The van der Waals surface area contributed by atoms with Gasteiger partial charge in [0.2, 0.25) is 0 Å². The number of ether oxygens (including phenoxy) is 1. The highest BCUT2D eigenvalue weighted by atomic mass is 16.6. The molecule has 0 spiro atoms. The Morgan fingerprint density at radius 2 is 2.15 bits per heavy atom. The molecule has 7 nitrogen and oxygen atoms in total. The molecule has 7 heteroatoms. The molecule has 0 saturated carbocycles. The van der Waals surface area contributed by atoms with Gasteiger partial charge in [-0.1, -0.05) is 0 Å². The van der Waals surface area contributed by atoms with Crippen molar-refractivity contribution in [3.05, 3.63) is 23.5 Å². The van der Waals surface area contributed by atoms with Crippen LogP contribution in [0, 0.1) is 6.92 Å². The minimum atomic E-state index is -0.594. The van der Waals surface area contributed by atoms with Crippen molar-refractivity contribution in [3.8, 4) is 0 Å². The van der Waals surface area contributed by atoms with Gasteiger partial charge in [-0.2, -0.15) is 9.61 Å². The summed E-state index contributed by atoms with van der Waals surface area (Å²) in [5.41, 5.74) is 0.822. The Morgan fingerprint density at radius 3 is 2.75 bits per heavy atom. The summed E-state index contributed by atoms with van der Waals surface area (Å²) >= 11 is 0. The van der Waals surface area contributed by atoms with Crippen molar-refractivity contribution in [3.63, 3.8) is 0 Å². The highest BCUT2D eigenvalue weighted by Crippen LogP contribution is 2.16. The van der Waals surface area contributed by atoms with Crippen molar-refractivity contribution in [2.24, 2.45) is 0 Å². The van der Waals surface area contributed by atoms with Crippen molar-refractivity contribution in [1.82, 2.24) is 14.6 Å². The molecule has 0 unspecified atom stereocenters. The number of nitrogens with zero attached hydrogens (tertiary/aromatic N) is 3. The van der Waals surface area contributed by atoms with E-state index in [1.165, 1.54) is 10.7 Å². The Hall–Kier alpha value is -2.44. The lowest BCUT2D eigenvalue weighted by Gasteiger charge is -2.19. The maximum atomic E-state index is 11.8. The SMILES string of the molecule is Cc1cc(NC(=O)OC(C)(C)C)n2ncc(C=O)c2n1. The Morgan fingerprint density at radius 1 is 1.45 bits per heavy atom. The monoisotopic (exact) mass is 276 g/mol. The van der Waals surface area contributed by atoms with Gasteiger partial charge in [-0.3, -0.25) is 10.1 Å². The van der Waals surface area contributed by atoms with Crippen LogP contribution in [0.1, 0.15) is 36.8 Å². The Kier molecular flexibility index (Phi) is 3.44. The molecule has 2 heterocycles. The van der Waals surface area contributed by atoms with Gasteiger partial charge in [-0.15, -0.1) is 0 Å². The summed E-state index contributed by atoms with van der Waals surface area (Å²) in [5, 5.41) is 6.64. The normalized spacial score (nSPS) is 11.4. The zero-order chi connectivity index (χ0) is 14.9. The van der Waals surface area contributed by atoms with E-state index in [4.69, 9.17) is 4.74 Å². The summed E-state index contributed by atoms with van der Waals surface area (Å²) < 4.78 is 6.57. The van der Waals surface area contributed by atoms with E-state index in [0.717, 1.165) is 0 Å². The lowest BCUT2D eigenvalue weighted by Crippen LogP contribution is -2.28. The summed E-state index contributed by atoms with van der Waals surface area (Å²) in [7, 11) is 0. The number of rotatable bonds is 2. The Labute approximate surface area is 115 Å². The number of fused-ring (bicyclic) bond motifs is 1. The molecule has 0 aliphatic heterocycles. The average Bonchev–Trinajstić information content (AvgIpc) is 2.69. The molecule has 2 aromatic heterocycles. The second-order valence-electron chi connectivity index (χ2n) is 5.36. The Balaban J connectivity index is 2.37. The zero-order valence-corrected chi connectivity index (χ0v) is 11.8. The molecule has 0 aromatic carbocycles. The van der Waals surface area contributed by atoms with Gasteiger partial charge in [0.1, 0.15) is 11.4 Å². The van der Waals surface area contributed by atoms with Crippen molar-refractivity contribution >= 4 is 23.8 Å². The molecule has 0 fully saturated rings. The number of carbonyl (C=O) groups excluding carboxylic acids is 2. The minimum Gasteiger partial charge on any atom is -0.444 e. The van der Waals surface area contributed by atoms with Crippen molar-refractivity contribution in [2.75, 3.05) is 5.32 Å². The molecule has 0 radical (unpaired) electrons. The maximum Gasteiger partial charge on any atom is 0.413 e. The first-order valence-corrected chi connectivity index (χ1v) is 6.11. The van der Waals surface area contributed by atoms with Gasteiger partial charge in [0, 0.05) is 11.8 Å². The molecule has 0 bridgehead atoms. The molecule has 20 heavy (non-hydrogen) atoms. The van der Waals surface area contributed by atoms with E-state index in [1.54, 1.807) is 33.8 Å². The summed E-state index contributed by atoms with van der Waals surface area (Å²) in [6, 6.07) is 1.65. The number of aldehydes is 1. The van der Waals surface area contributed by atoms with E-state index in [9.17, 15) is 9.59 Å². The predicted octanol–water partition coefficient (Wildman–Crippen LogP) is 2.20.